The maximum Gasteiger partial charge on any atom is 0 e. The van der Waals surface area contributed by atoms with Gasteiger partial charge in [-0.05, 0) is 6.42 Å². The van der Waals surface area contributed by atoms with E-state index in [2.05, 4.69) is 24.4 Å². The van der Waals surface area contributed by atoms with Crippen molar-refractivity contribution in [2.75, 3.05) is 19.6 Å². The molecular formula is C28H42CuN4-4. The molecule has 0 bridgehead atoms. The van der Waals surface area contributed by atoms with Crippen LogP contribution in [0.15, 0.2) is 35.7 Å². The Morgan fingerprint density at radius 1 is 0.636 bits per heavy atom. The summed E-state index contributed by atoms with van der Waals surface area (Å²) in [6.07, 6.45) is 25.5. The second kappa shape index (κ2) is 12.8. The molecule has 6 atom stereocenters. The molecule has 0 N–H and O–H groups in total. The van der Waals surface area contributed by atoms with Crippen LogP contribution in [0.4, 0.5) is 0 Å². The van der Waals surface area contributed by atoms with Gasteiger partial charge in [-0.3, -0.25) is 0 Å². The summed E-state index contributed by atoms with van der Waals surface area (Å²) in [5.41, 5.74) is 2.47. The number of fused-ring (bicyclic) bond motifs is 4. The molecule has 4 nitrogen and oxygen atoms in total. The Kier molecular flexibility index (Phi) is 9.85. The van der Waals surface area contributed by atoms with E-state index in [0.29, 0.717) is 35.9 Å². The Bertz CT molecular complexity index is 702. The van der Waals surface area contributed by atoms with Gasteiger partial charge in [-0.2, -0.15) is 6.20 Å². The number of nitrogens with zero attached hydrogens (tertiary/aromatic N) is 4. The van der Waals surface area contributed by atoms with Crippen LogP contribution in [0.3, 0.4) is 0 Å². The third-order valence-corrected chi connectivity index (χ3v) is 8.73. The van der Waals surface area contributed by atoms with Gasteiger partial charge in [-0.25, -0.2) is 0 Å². The van der Waals surface area contributed by atoms with E-state index in [1.54, 1.807) is 0 Å². The van der Waals surface area contributed by atoms with Crippen LogP contribution >= 0.6 is 0 Å². The van der Waals surface area contributed by atoms with Crippen LogP contribution in [0.5, 0.6) is 0 Å². The van der Waals surface area contributed by atoms with E-state index in [9.17, 15) is 0 Å². The Labute approximate surface area is 212 Å². The van der Waals surface area contributed by atoms with Crippen molar-refractivity contribution >= 4 is 0 Å². The molecule has 1 heterocycles. The van der Waals surface area contributed by atoms with Crippen LogP contribution in [0, 0.1) is 17.8 Å². The first-order valence-electron chi connectivity index (χ1n) is 13.6. The fourth-order valence-corrected chi connectivity index (χ4v) is 6.66. The van der Waals surface area contributed by atoms with Gasteiger partial charge in [0.15, 0.2) is 0 Å². The summed E-state index contributed by atoms with van der Waals surface area (Å²) >= 11 is 0. The van der Waals surface area contributed by atoms with Crippen molar-refractivity contribution in [2.45, 2.75) is 102 Å². The zero-order valence-corrected chi connectivity index (χ0v) is 21.1. The van der Waals surface area contributed by atoms with Crippen molar-refractivity contribution in [2.24, 2.45) is 17.8 Å². The first-order valence-corrected chi connectivity index (χ1v) is 13.6. The quantitative estimate of drug-likeness (QED) is 0.305. The smallest absolute Gasteiger partial charge is 0 e. The van der Waals surface area contributed by atoms with E-state index in [1.165, 1.54) is 82.6 Å². The van der Waals surface area contributed by atoms with Crippen LogP contribution in [-0.2, 0) is 17.1 Å². The summed E-state index contributed by atoms with van der Waals surface area (Å²) < 4.78 is 0. The Hall–Kier alpha value is -0.741. The number of allylic oxidation sites excluding steroid dienone is 4. The monoisotopic (exact) mass is 497 g/mol. The molecule has 0 aromatic rings. The zero-order valence-electron chi connectivity index (χ0n) is 20.2. The first-order chi connectivity index (χ1) is 15.9. The molecule has 1 radical (unpaired) electrons. The van der Waals surface area contributed by atoms with Crippen molar-refractivity contribution in [1.29, 1.82) is 0 Å². The number of rotatable bonds is 0. The Morgan fingerprint density at radius 3 is 1.85 bits per heavy atom. The maximum atomic E-state index is 5.36. The van der Waals surface area contributed by atoms with Gasteiger partial charge in [0.1, 0.15) is 0 Å². The van der Waals surface area contributed by atoms with Crippen LogP contribution in [-0.4, -0.2) is 37.8 Å². The second-order valence-corrected chi connectivity index (χ2v) is 10.9. The van der Waals surface area contributed by atoms with Crippen molar-refractivity contribution in [3.63, 3.8) is 0 Å². The molecule has 5 heteroatoms. The molecule has 4 aliphatic carbocycles. The molecule has 0 spiro atoms. The maximum absolute atomic E-state index is 5.36. The van der Waals surface area contributed by atoms with Crippen molar-refractivity contribution in [3.8, 4) is 0 Å². The molecule has 0 saturated heterocycles. The van der Waals surface area contributed by atoms with E-state index in [1.807, 2.05) is 0 Å². The average molecular weight is 498 g/mol. The van der Waals surface area contributed by atoms with Gasteiger partial charge in [0.2, 0.25) is 0 Å². The predicted octanol–water partition coefficient (Wildman–Crippen LogP) is 7.90. The Balaban J connectivity index is 0.00000259. The molecule has 3 saturated carbocycles. The van der Waals surface area contributed by atoms with E-state index >= 15 is 0 Å². The van der Waals surface area contributed by atoms with E-state index in [-0.39, 0.29) is 17.1 Å². The molecule has 0 aromatic carbocycles. The molecule has 0 aromatic heterocycles. The van der Waals surface area contributed by atoms with Crippen molar-refractivity contribution < 1.29 is 17.1 Å². The number of hydrogen-bond acceptors (Lipinski definition) is 0. The minimum atomic E-state index is 0. The molecule has 33 heavy (non-hydrogen) atoms. The van der Waals surface area contributed by atoms with Gasteiger partial charge in [0, 0.05) is 17.1 Å². The number of hydrogen-bond donors (Lipinski definition) is 0. The standard InChI is InChI=1S/C28H42N4.Cu/c1-5-13-25-21(9-1)17-29-26-14-6-2-11-23(26)19-31-28-16-8-4-12-24(28)20-32-27-15-7-3-10-22(27)18-30-25;/h1,5,13,17,22-24,26-28H,2-4,6-12,14-16,18-20H2;/q-4;/b21-17-;. The van der Waals surface area contributed by atoms with E-state index in [0.717, 1.165) is 31.8 Å². The second-order valence-electron chi connectivity index (χ2n) is 10.9. The molecule has 1 aliphatic heterocycles. The molecule has 5 rings (SSSR count). The summed E-state index contributed by atoms with van der Waals surface area (Å²) in [7, 11) is 0. The fourth-order valence-electron chi connectivity index (χ4n) is 6.66. The van der Waals surface area contributed by atoms with E-state index < -0.39 is 0 Å². The zero-order chi connectivity index (χ0) is 21.6. The van der Waals surface area contributed by atoms with Gasteiger partial charge < -0.3 is 21.3 Å². The van der Waals surface area contributed by atoms with Gasteiger partial charge in [-0.1, -0.05) is 119 Å². The summed E-state index contributed by atoms with van der Waals surface area (Å²) in [5, 5.41) is 21.0. The van der Waals surface area contributed by atoms with Crippen LogP contribution in [0.25, 0.3) is 21.3 Å². The minimum Gasteiger partial charge on any atom is -0.688 e. The van der Waals surface area contributed by atoms with Gasteiger partial charge in [-0.15, -0.1) is 43.5 Å². The molecular weight excluding hydrogens is 456 g/mol. The molecule has 0 amide bonds. The average Bonchev–Trinajstić information content (AvgIpc) is 2.85. The third kappa shape index (κ3) is 6.69. The molecule has 5 aliphatic rings. The van der Waals surface area contributed by atoms with Gasteiger partial charge in [0.05, 0.1) is 0 Å². The normalized spacial score (nSPS) is 39.4. The predicted molar refractivity (Wildman–Crippen MR) is 135 cm³/mol. The summed E-state index contributed by atoms with van der Waals surface area (Å²) in [5.74, 6) is 1.91. The topological polar surface area (TPSA) is 56.4 Å². The van der Waals surface area contributed by atoms with Gasteiger partial charge in [0.25, 0.3) is 0 Å². The Morgan fingerprint density at radius 2 is 1.18 bits per heavy atom. The molecule has 189 valence electrons. The summed E-state index contributed by atoms with van der Waals surface area (Å²) in [6.45, 7) is 2.97. The van der Waals surface area contributed by atoms with Gasteiger partial charge >= 0.3 is 0 Å². The summed E-state index contributed by atoms with van der Waals surface area (Å²) in [6, 6.07) is 1.48. The largest absolute Gasteiger partial charge is 0.688 e. The third-order valence-electron chi connectivity index (χ3n) is 8.73. The molecule has 6 unspecified atom stereocenters. The molecule has 3 fully saturated rings. The fraction of sp³-hybridized carbons (Fsp3) is 0.786. The van der Waals surface area contributed by atoms with Crippen molar-refractivity contribution in [1.82, 2.24) is 0 Å². The van der Waals surface area contributed by atoms with Crippen molar-refractivity contribution in [3.05, 3.63) is 57.0 Å². The first kappa shape index (κ1) is 25.4. The van der Waals surface area contributed by atoms with E-state index in [4.69, 9.17) is 21.3 Å². The van der Waals surface area contributed by atoms with Crippen LogP contribution in [0.2, 0.25) is 0 Å². The minimum absolute atomic E-state index is 0. The van der Waals surface area contributed by atoms with Crippen LogP contribution < -0.4 is 0 Å². The summed E-state index contributed by atoms with van der Waals surface area (Å²) in [4.78, 5) is 0. The van der Waals surface area contributed by atoms with Crippen LogP contribution in [0.1, 0.15) is 83.5 Å². The SMILES string of the molecule is C1=CC/C2=C/[N-]C3CCCCC3C[N-]C3CCCCC3C[N-]C3CCCCC3C[N-]C2=C1.[Cu].